The summed E-state index contributed by atoms with van der Waals surface area (Å²) in [7, 11) is 0. The van der Waals surface area contributed by atoms with Crippen molar-refractivity contribution in [2.45, 2.75) is 19.3 Å². The normalized spacial score (nSPS) is 27.8. The van der Waals surface area contributed by atoms with Crippen molar-refractivity contribution in [2.75, 3.05) is 0 Å². The predicted octanol–water partition coefficient (Wildman–Crippen LogP) is 3.91. The van der Waals surface area contributed by atoms with Crippen LogP contribution in [0.1, 0.15) is 30.8 Å². The molecule has 23 heavy (non-hydrogen) atoms. The lowest BCUT2D eigenvalue weighted by Gasteiger charge is -2.34. The summed E-state index contributed by atoms with van der Waals surface area (Å²) < 4.78 is 10.6. The molecule has 4 rings (SSSR count). The van der Waals surface area contributed by atoms with Gasteiger partial charge >= 0.3 is 0 Å². The van der Waals surface area contributed by atoms with Crippen molar-refractivity contribution in [3.05, 3.63) is 59.5 Å². The Morgan fingerprint density at radius 3 is 1.70 bits per heavy atom. The minimum absolute atomic E-state index is 0.117. The first-order valence-electron chi connectivity index (χ1n) is 7.77. The van der Waals surface area contributed by atoms with Gasteiger partial charge in [-0.05, 0) is 66.8 Å². The van der Waals surface area contributed by atoms with E-state index in [1.807, 2.05) is 12.1 Å². The van der Waals surface area contributed by atoms with E-state index in [4.69, 9.17) is 8.83 Å². The van der Waals surface area contributed by atoms with Gasteiger partial charge in [-0.2, -0.15) is 0 Å². The molecule has 4 nitrogen and oxygen atoms in total. The Morgan fingerprint density at radius 2 is 1.30 bits per heavy atom. The summed E-state index contributed by atoms with van der Waals surface area (Å²) in [4.78, 5) is 25.3. The van der Waals surface area contributed by atoms with Crippen LogP contribution in [0.25, 0.3) is 12.2 Å². The van der Waals surface area contributed by atoms with Crippen molar-refractivity contribution < 1.29 is 18.4 Å². The van der Waals surface area contributed by atoms with Crippen molar-refractivity contribution in [3.8, 4) is 0 Å². The number of allylic oxidation sites excluding steroid dienone is 2. The van der Waals surface area contributed by atoms with Crippen LogP contribution >= 0.6 is 0 Å². The molecular formula is C19H16O4. The summed E-state index contributed by atoms with van der Waals surface area (Å²) in [5, 5.41) is 0. The fourth-order valence-corrected chi connectivity index (χ4v) is 3.52. The number of furan rings is 2. The smallest absolute Gasteiger partial charge is 0.162 e. The van der Waals surface area contributed by atoms with Crippen LogP contribution in [0.4, 0.5) is 0 Å². The van der Waals surface area contributed by atoms with Gasteiger partial charge in [0.25, 0.3) is 0 Å². The fourth-order valence-electron chi connectivity index (χ4n) is 3.52. The lowest BCUT2D eigenvalue weighted by molar-refractivity contribution is -0.127. The Kier molecular flexibility index (Phi) is 3.37. The molecule has 4 heteroatoms. The quantitative estimate of drug-likeness (QED) is 0.789. The molecule has 2 fully saturated rings. The third-order valence-corrected chi connectivity index (χ3v) is 4.60. The highest BCUT2D eigenvalue weighted by molar-refractivity contribution is 6.09. The number of ketones is 2. The summed E-state index contributed by atoms with van der Waals surface area (Å²) in [6.07, 6.45) is 8.34. The molecule has 2 aliphatic rings. The van der Waals surface area contributed by atoms with Crippen LogP contribution in [0, 0.1) is 11.8 Å². The van der Waals surface area contributed by atoms with Gasteiger partial charge in [0, 0.05) is 11.8 Å². The van der Waals surface area contributed by atoms with E-state index in [0.29, 0.717) is 41.9 Å². The van der Waals surface area contributed by atoms with Crippen LogP contribution in [0.2, 0.25) is 0 Å². The maximum Gasteiger partial charge on any atom is 0.162 e. The van der Waals surface area contributed by atoms with Gasteiger partial charge in [0.2, 0.25) is 0 Å². The Hall–Kier alpha value is -2.62. The maximum atomic E-state index is 12.6. The van der Waals surface area contributed by atoms with Crippen LogP contribution in [0.5, 0.6) is 0 Å². The van der Waals surface area contributed by atoms with E-state index in [1.54, 1.807) is 36.8 Å². The maximum absolute atomic E-state index is 12.6. The predicted molar refractivity (Wildman–Crippen MR) is 84.2 cm³/mol. The Balaban J connectivity index is 1.63. The summed E-state index contributed by atoms with van der Waals surface area (Å²) >= 11 is 0. The third-order valence-electron chi connectivity index (χ3n) is 4.60. The van der Waals surface area contributed by atoms with Gasteiger partial charge in [0.05, 0.1) is 12.5 Å². The number of rotatable bonds is 2. The molecule has 0 amide bonds. The van der Waals surface area contributed by atoms with Gasteiger partial charge in [-0.3, -0.25) is 9.59 Å². The summed E-state index contributed by atoms with van der Waals surface area (Å²) in [6.45, 7) is 0. The first kappa shape index (κ1) is 14.0. The second-order valence-electron chi connectivity index (χ2n) is 6.14. The highest BCUT2D eigenvalue weighted by Crippen LogP contribution is 2.41. The molecule has 2 heterocycles. The monoisotopic (exact) mass is 308 g/mol. The standard InChI is InChI=1S/C19H16O4/c20-18-13-7-12(8-14(18)10-16-3-1-5-22-16)19(21)15(9-13)11-17-4-2-6-23-17/h1-6,10-13H,7-9H2/b14-10-,15-11-. The average Bonchev–Trinajstić information content (AvgIpc) is 3.22. The highest BCUT2D eigenvalue weighted by Gasteiger charge is 2.41. The van der Waals surface area contributed by atoms with E-state index in [-0.39, 0.29) is 23.4 Å². The molecule has 0 aromatic carbocycles. The van der Waals surface area contributed by atoms with E-state index in [0.717, 1.165) is 0 Å². The molecule has 116 valence electrons. The van der Waals surface area contributed by atoms with Crippen LogP contribution in [-0.4, -0.2) is 11.6 Å². The molecule has 0 saturated heterocycles. The van der Waals surface area contributed by atoms with Crippen LogP contribution in [-0.2, 0) is 9.59 Å². The van der Waals surface area contributed by atoms with Crippen molar-refractivity contribution in [1.29, 1.82) is 0 Å². The lowest BCUT2D eigenvalue weighted by atomic mass is 9.67. The average molecular weight is 308 g/mol. The molecule has 2 atom stereocenters. The fraction of sp³-hybridized carbons (Fsp3) is 0.263. The van der Waals surface area contributed by atoms with E-state index in [9.17, 15) is 9.59 Å². The van der Waals surface area contributed by atoms with Crippen molar-refractivity contribution in [1.82, 2.24) is 0 Å². The number of carbonyl (C=O) groups is 2. The Bertz CT molecular complexity index is 722. The van der Waals surface area contributed by atoms with Gasteiger partial charge < -0.3 is 8.83 Å². The largest absolute Gasteiger partial charge is 0.465 e. The Morgan fingerprint density at radius 1 is 0.826 bits per heavy atom. The van der Waals surface area contributed by atoms with Crippen LogP contribution in [0.3, 0.4) is 0 Å². The molecule has 0 radical (unpaired) electrons. The second-order valence-corrected chi connectivity index (χ2v) is 6.14. The van der Waals surface area contributed by atoms with Gasteiger partial charge in [-0.15, -0.1) is 0 Å². The Labute approximate surface area is 133 Å². The second kappa shape index (κ2) is 5.54. The molecule has 2 aromatic rings. The number of hydrogen-bond donors (Lipinski definition) is 0. The SMILES string of the molecule is O=C1/C(=C\c2ccco2)CC2CC1C/C(=C/c1ccco1)C2=O. The van der Waals surface area contributed by atoms with Crippen molar-refractivity contribution in [2.24, 2.45) is 11.8 Å². The molecule has 2 saturated carbocycles. The van der Waals surface area contributed by atoms with E-state index in [1.165, 1.54) is 0 Å². The zero-order valence-corrected chi connectivity index (χ0v) is 12.5. The molecule has 2 aromatic heterocycles. The number of hydrogen-bond acceptors (Lipinski definition) is 4. The molecule has 0 aliphatic heterocycles. The van der Waals surface area contributed by atoms with Gasteiger partial charge in [-0.25, -0.2) is 0 Å². The lowest BCUT2D eigenvalue weighted by Crippen LogP contribution is -2.37. The summed E-state index contributed by atoms with van der Waals surface area (Å²) in [5.41, 5.74) is 1.40. The third kappa shape index (κ3) is 2.61. The van der Waals surface area contributed by atoms with Crippen molar-refractivity contribution in [3.63, 3.8) is 0 Å². The first-order valence-corrected chi connectivity index (χ1v) is 7.77. The van der Waals surface area contributed by atoms with Crippen LogP contribution < -0.4 is 0 Å². The molecule has 0 N–H and O–H groups in total. The highest BCUT2D eigenvalue weighted by atomic mass is 16.3. The summed E-state index contributed by atoms with van der Waals surface area (Å²) in [5.74, 6) is 1.35. The zero-order valence-electron chi connectivity index (χ0n) is 12.5. The number of carbonyl (C=O) groups excluding carboxylic acids is 2. The molecule has 2 aliphatic carbocycles. The summed E-state index contributed by atoms with van der Waals surface area (Å²) in [6, 6.07) is 7.20. The molecule has 2 unspecified atom stereocenters. The minimum atomic E-state index is -0.117. The first-order chi connectivity index (χ1) is 11.2. The number of fused-ring (bicyclic) bond motifs is 2. The van der Waals surface area contributed by atoms with Crippen LogP contribution in [0.15, 0.2) is 56.8 Å². The molecule has 2 bridgehead atoms. The topological polar surface area (TPSA) is 60.4 Å². The number of Topliss-reactive ketones (excluding diaryl/α,β-unsaturated/α-hetero) is 2. The van der Waals surface area contributed by atoms with Gasteiger partial charge in [0.15, 0.2) is 11.6 Å². The molecule has 0 spiro atoms. The van der Waals surface area contributed by atoms with Gasteiger partial charge in [0.1, 0.15) is 11.5 Å². The van der Waals surface area contributed by atoms with Crippen molar-refractivity contribution >= 4 is 23.7 Å². The molecular weight excluding hydrogens is 292 g/mol. The minimum Gasteiger partial charge on any atom is -0.465 e. The zero-order chi connectivity index (χ0) is 15.8. The van der Waals surface area contributed by atoms with E-state index < -0.39 is 0 Å². The van der Waals surface area contributed by atoms with E-state index >= 15 is 0 Å². The van der Waals surface area contributed by atoms with Gasteiger partial charge in [-0.1, -0.05) is 0 Å². The van der Waals surface area contributed by atoms with E-state index in [2.05, 4.69) is 0 Å².